The number of hydrogen-bond acceptors (Lipinski definition) is 3. The van der Waals surface area contributed by atoms with Crippen LogP contribution in [0.2, 0.25) is 0 Å². The zero-order valence-corrected chi connectivity index (χ0v) is 12.1. The molecule has 0 bridgehead atoms. The van der Waals surface area contributed by atoms with E-state index in [-0.39, 0.29) is 6.04 Å². The summed E-state index contributed by atoms with van der Waals surface area (Å²) in [4.78, 5) is 17.0. The maximum absolute atomic E-state index is 12.4. The molecule has 0 aromatic rings. The highest BCUT2D eigenvalue weighted by molar-refractivity contribution is 5.82. The second-order valence-corrected chi connectivity index (χ2v) is 6.32. The highest BCUT2D eigenvalue weighted by atomic mass is 16.2. The summed E-state index contributed by atoms with van der Waals surface area (Å²) in [5.74, 6) is 0.352. The summed E-state index contributed by atoms with van der Waals surface area (Å²) >= 11 is 0. The summed E-state index contributed by atoms with van der Waals surface area (Å²) in [6.07, 6.45) is 7.42. The molecule has 1 N–H and O–H groups in total. The second kappa shape index (κ2) is 5.80. The average molecular weight is 265 g/mol. The summed E-state index contributed by atoms with van der Waals surface area (Å²) in [7, 11) is 0. The largest absolute Gasteiger partial charge is 0.340 e. The first-order valence-corrected chi connectivity index (χ1v) is 8.07. The molecule has 2 aliphatic carbocycles. The van der Waals surface area contributed by atoms with Crippen molar-refractivity contribution in [3.8, 4) is 0 Å². The Morgan fingerprint density at radius 3 is 2.68 bits per heavy atom. The Hall–Kier alpha value is -0.610. The number of carbonyl (C=O) groups is 1. The maximum atomic E-state index is 12.4. The number of hydrogen-bond donors (Lipinski definition) is 1. The van der Waals surface area contributed by atoms with Gasteiger partial charge in [-0.2, -0.15) is 0 Å². The third-order valence-corrected chi connectivity index (χ3v) is 4.67. The van der Waals surface area contributed by atoms with E-state index in [9.17, 15) is 4.79 Å². The predicted molar refractivity (Wildman–Crippen MR) is 76.0 cm³/mol. The van der Waals surface area contributed by atoms with Crippen LogP contribution in [0.3, 0.4) is 0 Å². The van der Waals surface area contributed by atoms with E-state index in [2.05, 4.69) is 22.0 Å². The standard InChI is InChI=1S/C15H27N3O/c1-2-17(13-7-8-13)10-11-18-9-3-4-14(15(18)19)16-12-5-6-12/h12-14,16H,2-11H2,1H3. The zero-order chi connectivity index (χ0) is 13.2. The number of amides is 1. The fraction of sp³-hybridized carbons (Fsp3) is 0.933. The summed E-state index contributed by atoms with van der Waals surface area (Å²) in [5, 5.41) is 3.50. The Morgan fingerprint density at radius 1 is 1.26 bits per heavy atom. The molecule has 3 aliphatic rings. The fourth-order valence-corrected chi connectivity index (χ4v) is 3.14. The Kier molecular flexibility index (Phi) is 4.08. The van der Waals surface area contributed by atoms with Crippen molar-refractivity contribution in [3.63, 3.8) is 0 Å². The summed E-state index contributed by atoms with van der Waals surface area (Å²) in [6.45, 7) is 6.29. The molecule has 1 unspecified atom stereocenters. The quantitative estimate of drug-likeness (QED) is 0.751. The van der Waals surface area contributed by atoms with E-state index in [4.69, 9.17) is 0 Å². The van der Waals surface area contributed by atoms with Crippen LogP contribution in [0.4, 0.5) is 0 Å². The first kappa shape index (κ1) is 13.4. The smallest absolute Gasteiger partial charge is 0.239 e. The molecule has 4 nitrogen and oxygen atoms in total. The Balaban J connectivity index is 1.47. The van der Waals surface area contributed by atoms with E-state index in [1.54, 1.807) is 0 Å². The van der Waals surface area contributed by atoms with Gasteiger partial charge in [-0.05, 0) is 45.1 Å². The van der Waals surface area contributed by atoms with E-state index >= 15 is 0 Å². The molecule has 1 saturated heterocycles. The molecule has 1 heterocycles. The summed E-state index contributed by atoms with van der Waals surface area (Å²) in [5.41, 5.74) is 0. The minimum atomic E-state index is 0.109. The van der Waals surface area contributed by atoms with E-state index in [1.807, 2.05) is 0 Å². The van der Waals surface area contributed by atoms with Gasteiger partial charge in [-0.3, -0.25) is 9.69 Å². The minimum absolute atomic E-state index is 0.109. The molecule has 1 aliphatic heterocycles. The number of likely N-dealkylation sites (tertiary alicyclic amines) is 1. The van der Waals surface area contributed by atoms with Crippen molar-refractivity contribution in [2.75, 3.05) is 26.2 Å². The van der Waals surface area contributed by atoms with Crippen molar-refractivity contribution in [2.24, 2.45) is 0 Å². The Labute approximate surface area is 116 Å². The molecule has 108 valence electrons. The average Bonchev–Trinajstić information content (AvgIpc) is 3.26. The lowest BCUT2D eigenvalue weighted by Gasteiger charge is -2.34. The van der Waals surface area contributed by atoms with Gasteiger partial charge in [0.2, 0.25) is 5.91 Å². The van der Waals surface area contributed by atoms with Gasteiger partial charge >= 0.3 is 0 Å². The van der Waals surface area contributed by atoms with Gasteiger partial charge in [0.1, 0.15) is 0 Å². The third kappa shape index (κ3) is 3.48. The normalized spacial score (nSPS) is 28.2. The molecule has 1 atom stereocenters. The fourth-order valence-electron chi connectivity index (χ4n) is 3.14. The van der Waals surface area contributed by atoms with Crippen molar-refractivity contribution in [2.45, 2.75) is 63.6 Å². The van der Waals surface area contributed by atoms with Gasteiger partial charge < -0.3 is 10.2 Å². The SMILES string of the molecule is CCN(CCN1CCCC(NC2CC2)C1=O)C1CC1. The number of piperidine rings is 1. The van der Waals surface area contributed by atoms with E-state index < -0.39 is 0 Å². The number of nitrogens with one attached hydrogen (secondary N) is 1. The molecular formula is C15H27N3O. The van der Waals surface area contributed by atoms with Crippen LogP contribution in [-0.2, 0) is 4.79 Å². The van der Waals surface area contributed by atoms with Crippen LogP contribution < -0.4 is 5.32 Å². The highest BCUT2D eigenvalue weighted by Crippen LogP contribution is 2.26. The molecule has 1 amide bonds. The second-order valence-electron chi connectivity index (χ2n) is 6.32. The molecule has 0 aromatic carbocycles. The molecular weight excluding hydrogens is 238 g/mol. The molecule has 19 heavy (non-hydrogen) atoms. The number of carbonyl (C=O) groups excluding carboxylic acids is 1. The topological polar surface area (TPSA) is 35.6 Å². The lowest BCUT2D eigenvalue weighted by molar-refractivity contribution is -0.136. The van der Waals surface area contributed by atoms with Gasteiger partial charge in [0.15, 0.2) is 0 Å². The summed E-state index contributed by atoms with van der Waals surface area (Å²) in [6, 6.07) is 1.55. The highest BCUT2D eigenvalue weighted by Gasteiger charge is 2.34. The van der Waals surface area contributed by atoms with Crippen molar-refractivity contribution in [1.82, 2.24) is 15.1 Å². The van der Waals surface area contributed by atoms with Crippen molar-refractivity contribution >= 4 is 5.91 Å². The predicted octanol–water partition coefficient (Wildman–Crippen LogP) is 1.21. The van der Waals surface area contributed by atoms with E-state index in [1.165, 1.54) is 25.7 Å². The number of likely N-dealkylation sites (N-methyl/N-ethyl adjacent to an activating group) is 1. The monoisotopic (exact) mass is 265 g/mol. The minimum Gasteiger partial charge on any atom is -0.340 e. The molecule has 0 aromatic heterocycles. The Morgan fingerprint density at radius 2 is 2.05 bits per heavy atom. The van der Waals surface area contributed by atoms with Crippen LogP contribution in [0.1, 0.15) is 45.4 Å². The van der Waals surface area contributed by atoms with Gasteiger partial charge in [0.05, 0.1) is 6.04 Å². The molecule has 2 saturated carbocycles. The van der Waals surface area contributed by atoms with Gasteiger partial charge in [-0.15, -0.1) is 0 Å². The molecule has 3 fully saturated rings. The first-order chi connectivity index (χ1) is 9.28. The number of nitrogens with zero attached hydrogens (tertiary/aromatic N) is 2. The molecule has 4 heteroatoms. The van der Waals surface area contributed by atoms with Gasteiger partial charge in [-0.25, -0.2) is 0 Å². The van der Waals surface area contributed by atoms with E-state index in [0.29, 0.717) is 11.9 Å². The third-order valence-electron chi connectivity index (χ3n) is 4.67. The Bertz CT molecular complexity index is 325. The molecule has 0 spiro atoms. The van der Waals surface area contributed by atoms with Crippen LogP contribution >= 0.6 is 0 Å². The van der Waals surface area contributed by atoms with Crippen LogP contribution in [0, 0.1) is 0 Å². The number of rotatable bonds is 7. The first-order valence-electron chi connectivity index (χ1n) is 8.07. The van der Waals surface area contributed by atoms with Crippen LogP contribution in [0.5, 0.6) is 0 Å². The van der Waals surface area contributed by atoms with Crippen molar-refractivity contribution in [3.05, 3.63) is 0 Å². The zero-order valence-electron chi connectivity index (χ0n) is 12.1. The van der Waals surface area contributed by atoms with Crippen LogP contribution in [0.25, 0.3) is 0 Å². The molecule has 3 rings (SSSR count). The summed E-state index contributed by atoms with van der Waals surface area (Å²) < 4.78 is 0. The van der Waals surface area contributed by atoms with Gasteiger partial charge in [0.25, 0.3) is 0 Å². The van der Waals surface area contributed by atoms with Gasteiger partial charge in [-0.1, -0.05) is 6.92 Å². The van der Waals surface area contributed by atoms with Crippen molar-refractivity contribution in [1.29, 1.82) is 0 Å². The van der Waals surface area contributed by atoms with Crippen molar-refractivity contribution < 1.29 is 4.79 Å². The van der Waals surface area contributed by atoms with Crippen LogP contribution in [0.15, 0.2) is 0 Å². The lowest BCUT2D eigenvalue weighted by atomic mass is 10.0. The van der Waals surface area contributed by atoms with E-state index in [0.717, 1.165) is 45.1 Å². The maximum Gasteiger partial charge on any atom is 0.239 e. The van der Waals surface area contributed by atoms with Crippen LogP contribution in [-0.4, -0.2) is 60.0 Å². The van der Waals surface area contributed by atoms with Gasteiger partial charge in [0, 0.05) is 31.7 Å². The lowest BCUT2D eigenvalue weighted by Crippen LogP contribution is -2.52. The molecule has 0 radical (unpaired) electrons.